The van der Waals surface area contributed by atoms with Crippen LogP contribution in [0, 0.1) is 12.7 Å². The van der Waals surface area contributed by atoms with Crippen LogP contribution in [0.25, 0.3) is 15.9 Å². The summed E-state index contributed by atoms with van der Waals surface area (Å²) in [4.78, 5) is 30.0. The van der Waals surface area contributed by atoms with Gasteiger partial charge in [-0.3, -0.25) is 14.2 Å². The fourth-order valence-electron chi connectivity index (χ4n) is 3.08. The molecule has 5 nitrogen and oxygen atoms in total. The number of halogens is 4. The molecule has 0 aliphatic carbocycles. The van der Waals surface area contributed by atoms with E-state index in [4.69, 9.17) is 0 Å². The Balaban J connectivity index is 1.62. The molecule has 11 heteroatoms. The summed E-state index contributed by atoms with van der Waals surface area (Å²) in [5.74, 6) is -1.20. The largest absolute Gasteiger partial charge is 0.416 e. The second-order valence-electron chi connectivity index (χ2n) is 7.02. The Hall–Kier alpha value is -3.18. The topological polar surface area (TPSA) is 64.0 Å². The molecular formula is C22H15F4N3O2S2. The number of alkyl halides is 3. The average Bonchev–Trinajstić information content (AvgIpc) is 3.23. The fourth-order valence-corrected chi connectivity index (χ4v) is 4.66. The van der Waals surface area contributed by atoms with Gasteiger partial charge in [-0.05, 0) is 60.3 Å². The van der Waals surface area contributed by atoms with Crippen molar-refractivity contribution in [1.82, 2.24) is 9.55 Å². The molecule has 0 saturated carbocycles. The van der Waals surface area contributed by atoms with Gasteiger partial charge in [-0.25, -0.2) is 9.37 Å². The van der Waals surface area contributed by atoms with Gasteiger partial charge in [0.1, 0.15) is 10.5 Å². The Morgan fingerprint density at radius 3 is 2.70 bits per heavy atom. The number of aromatic nitrogens is 2. The van der Waals surface area contributed by atoms with Crippen LogP contribution in [-0.4, -0.2) is 21.2 Å². The highest BCUT2D eigenvalue weighted by Crippen LogP contribution is 2.31. The minimum Gasteiger partial charge on any atom is -0.325 e. The molecule has 2 aromatic carbocycles. The molecule has 0 bridgehead atoms. The highest BCUT2D eigenvalue weighted by Gasteiger charge is 2.30. The van der Waals surface area contributed by atoms with Gasteiger partial charge in [0.05, 0.1) is 22.5 Å². The van der Waals surface area contributed by atoms with Crippen molar-refractivity contribution in [2.75, 3.05) is 11.1 Å². The molecule has 0 fully saturated rings. The van der Waals surface area contributed by atoms with E-state index in [0.29, 0.717) is 21.5 Å². The Bertz CT molecular complexity index is 1410. The summed E-state index contributed by atoms with van der Waals surface area (Å²) in [5, 5.41) is 4.35. The first kappa shape index (κ1) is 23.0. The number of aryl methyl sites for hydroxylation is 1. The third kappa shape index (κ3) is 4.93. The van der Waals surface area contributed by atoms with Gasteiger partial charge in [0.2, 0.25) is 5.91 Å². The highest BCUT2D eigenvalue weighted by atomic mass is 32.2. The first-order chi connectivity index (χ1) is 15.6. The lowest BCUT2D eigenvalue weighted by Gasteiger charge is -2.13. The van der Waals surface area contributed by atoms with Crippen molar-refractivity contribution in [3.63, 3.8) is 0 Å². The SMILES string of the molecule is Cc1cc(-n2c(SCC(=O)Nc3cccc(C(F)(F)F)c3)nc3ccsc3c2=O)ccc1F. The monoisotopic (exact) mass is 493 g/mol. The molecule has 2 heterocycles. The Kier molecular flexibility index (Phi) is 6.26. The lowest BCUT2D eigenvalue weighted by atomic mass is 10.2. The molecule has 0 atom stereocenters. The number of rotatable bonds is 5. The lowest BCUT2D eigenvalue weighted by molar-refractivity contribution is -0.137. The molecule has 2 aromatic heterocycles. The Morgan fingerprint density at radius 1 is 1.18 bits per heavy atom. The summed E-state index contributed by atoms with van der Waals surface area (Å²) in [6, 6.07) is 10.2. The van der Waals surface area contributed by atoms with Gasteiger partial charge in [0, 0.05) is 5.69 Å². The lowest BCUT2D eigenvalue weighted by Crippen LogP contribution is -2.22. The molecule has 0 saturated heterocycles. The van der Waals surface area contributed by atoms with Crippen LogP contribution in [0.5, 0.6) is 0 Å². The second kappa shape index (κ2) is 8.99. The second-order valence-corrected chi connectivity index (χ2v) is 8.88. The van der Waals surface area contributed by atoms with Crippen LogP contribution in [0.1, 0.15) is 11.1 Å². The van der Waals surface area contributed by atoms with Crippen LogP contribution in [-0.2, 0) is 11.0 Å². The predicted octanol–water partition coefficient (Wildman–Crippen LogP) is 5.64. The van der Waals surface area contributed by atoms with E-state index < -0.39 is 23.5 Å². The molecule has 0 aliphatic rings. The zero-order valence-electron chi connectivity index (χ0n) is 16.9. The first-order valence-electron chi connectivity index (χ1n) is 9.50. The Morgan fingerprint density at radius 2 is 1.97 bits per heavy atom. The number of amides is 1. The zero-order chi connectivity index (χ0) is 23.8. The summed E-state index contributed by atoms with van der Waals surface area (Å²) in [7, 11) is 0. The maximum absolute atomic E-state index is 13.8. The number of carbonyl (C=O) groups excluding carboxylic acids is 1. The highest BCUT2D eigenvalue weighted by molar-refractivity contribution is 7.99. The third-order valence-corrected chi connectivity index (χ3v) is 6.49. The number of fused-ring (bicyclic) bond motifs is 1. The standard InChI is InChI=1S/C22H15F4N3O2S2/c1-12-9-15(5-6-16(12)23)29-20(31)19-17(7-8-32-19)28-21(29)33-11-18(30)27-14-4-2-3-13(10-14)22(24,25)26/h2-10H,11H2,1H3,(H,27,30). The minimum atomic E-state index is -4.53. The molecule has 0 unspecified atom stereocenters. The normalized spacial score (nSPS) is 11.7. The minimum absolute atomic E-state index is 0.00298. The molecule has 33 heavy (non-hydrogen) atoms. The number of nitrogens with zero attached hydrogens (tertiary/aromatic N) is 2. The van der Waals surface area contributed by atoms with Gasteiger partial charge in [-0.1, -0.05) is 17.8 Å². The first-order valence-corrected chi connectivity index (χ1v) is 11.4. The molecule has 170 valence electrons. The summed E-state index contributed by atoms with van der Waals surface area (Å²) in [5.41, 5.74) is -0.0460. The summed E-state index contributed by atoms with van der Waals surface area (Å²) in [6.45, 7) is 1.57. The maximum atomic E-state index is 13.8. The molecule has 4 rings (SSSR count). The van der Waals surface area contributed by atoms with Gasteiger partial charge >= 0.3 is 6.18 Å². The summed E-state index contributed by atoms with van der Waals surface area (Å²) >= 11 is 2.17. The van der Waals surface area contributed by atoms with Crippen LogP contribution in [0.4, 0.5) is 23.2 Å². The van der Waals surface area contributed by atoms with E-state index in [1.165, 1.54) is 46.2 Å². The van der Waals surface area contributed by atoms with Gasteiger partial charge in [-0.2, -0.15) is 13.2 Å². The number of carbonyl (C=O) groups is 1. The third-order valence-electron chi connectivity index (χ3n) is 4.65. The van der Waals surface area contributed by atoms with E-state index in [1.807, 2.05) is 0 Å². The van der Waals surface area contributed by atoms with Crippen molar-refractivity contribution >= 4 is 44.9 Å². The summed E-state index contributed by atoms with van der Waals surface area (Å²) < 4.78 is 54.1. The van der Waals surface area contributed by atoms with Crippen LogP contribution in [0.15, 0.2) is 63.9 Å². The van der Waals surface area contributed by atoms with Crippen LogP contribution >= 0.6 is 23.1 Å². The van der Waals surface area contributed by atoms with Crippen LogP contribution < -0.4 is 10.9 Å². The van der Waals surface area contributed by atoms with Crippen LogP contribution in [0.3, 0.4) is 0 Å². The number of hydrogen-bond donors (Lipinski definition) is 1. The van der Waals surface area contributed by atoms with Gasteiger partial charge in [0.15, 0.2) is 5.16 Å². The quantitative estimate of drug-likeness (QED) is 0.222. The van der Waals surface area contributed by atoms with Gasteiger partial charge in [0.25, 0.3) is 5.56 Å². The Labute approximate surface area is 193 Å². The zero-order valence-corrected chi connectivity index (χ0v) is 18.6. The van der Waals surface area contributed by atoms with Crippen LogP contribution in [0.2, 0.25) is 0 Å². The number of thioether (sulfide) groups is 1. The number of thiophene rings is 1. The molecule has 1 N–H and O–H groups in total. The van der Waals surface area contributed by atoms with Crippen molar-refractivity contribution in [2.24, 2.45) is 0 Å². The molecule has 0 radical (unpaired) electrons. The summed E-state index contributed by atoms with van der Waals surface area (Å²) in [6.07, 6.45) is -4.53. The molecular weight excluding hydrogens is 478 g/mol. The maximum Gasteiger partial charge on any atom is 0.416 e. The van der Waals surface area contributed by atoms with Crippen molar-refractivity contribution < 1.29 is 22.4 Å². The van der Waals surface area contributed by atoms with Gasteiger partial charge < -0.3 is 5.32 Å². The van der Waals surface area contributed by atoms with Crippen molar-refractivity contribution in [3.8, 4) is 5.69 Å². The molecule has 1 amide bonds. The van der Waals surface area contributed by atoms with E-state index in [1.54, 1.807) is 18.4 Å². The smallest absolute Gasteiger partial charge is 0.325 e. The van der Waals surface area contributed by atoms with E-state index in [-0.39, 0.29) is 22.2 Å². The molecule has 0 spiro atoms. The van der Waals surface area contributed by atoms with Crippen molar-refractivity contribution in [1.29, 1.82) is 0 Å². The predicted molar refractivity (Wildman–Crippen MR) is 121 cm³/mol. The number of hydrogen-bond acceptors (Lipinski definition) is 5. The average molecular weight is 494 g/mol. The van der Waals surface area contributed by atoms with Crippen molar-refractivity contribution in [2.45, 2.75) is 18.3 Å². The van der Waals surface area contributed by atoms with E-state index in [9.17, 15) is 27.2 Å². The molecule has 0 aliphatic heterocycles. The number of nitrogens with one attached hydrogen (secondary N) is 1. The molecule has 4 aromatic rings. The van der Waals surface area contributed by atoms with Crippen molar-refractivity contribution in [3.05, 3.63) is 81.2 Å². The van der Waals surface area contributed by atoms with E-state index in [0.717, 1.165) is 23.9 Å². The number of anilines is 1. The fraction of sp³-hybridized carbons (Fsp3) is 0.136. The number of benzene rings is 2. The van der Waals surface area contributed by atoms with E-state index >= 15 is 0 Å². The van der Waals surface area contributed by atoms with Gasteiger partial charge in [-0.15, -0.1) is 11.3 Å². The van der Waals surface area contributed by atoms with E-state index in [2.05, 4.69) is 10.3 Å².